The number of fused-ring (bicyclic) bond motifs is 1. The minimum atomic E-state index is -1.06. The maximum atomic E-state index is 12.1. The van der Waals surface area contributed by atoms with E-state index in [4.69, 9.17) is 0 Å². The molecule has 96 valence electrons. The van der Waals surface area contributed by atoms with Crippen LogP contribution in [0.4, 0.5) is 0 Å². The van der Waals surface area contributed by atoms with Crippen LogP contribution < -0.4 is 5.32 Å². The van der Waals surface area contributed by atoms with E-state index < -0.39 is 11.5 Å². The molecule has 4 nitrogen and oxygen atoms in total. The number of nitrogens with one attached hydrogen (secondary N) is 1. The fourth-order valence-corrected chi connectivity index (χ4v) is 3.31. The maximum absolute atomic E-state index is 12.1. The van der Waals surface area contributed by atoms with Gasteiger partial charge in [0.2, 0.25) is 5.91 Å². The van der Waals surface area contributed by atoms with Gasteiger partial charge in [-0.2, -0.15) is 0 Å². The van der Waals surface area contributed by atoms with Gasteiger partial charge < -0.3 is 10.4 Å². The fourth-order valence-electron chi connectivity index (χ4n) is 3.31. The molecule has 0 spiro atoms. The Morgan fingerprint density at radius 2 is 1.76 bits per heavy atom. The average molecular weight is 239 g/mol. The standard InChI is InChI=1S/C13H21NO3/c1-3-13(4-2,12(16)17)14-11(15)10-8-6-5-7-9(8)10/h8-10H,3-7H2,1-2H3,(H,14,15)(H,16,17). The summed E-state index contributed by atoms with van der Waals surface area (Å²) in [5.74, 6) is 0.221. The summed E-state index contributed by atoms with van der Waals surface area (Å²) in [6.45, 7) is 3.62. The molecule has 2 rings (SSSR count). The first-order chi connectivity index (χ1) is 8.05. The average Bonchev–Trinajstić information content (AvgIpc) is 2.80. The zero-order valence-corrected chi connectivity index (χ0v) is 10.5. The van der Waals surface area contributed by atoms with E-state index in [1.165, 1.54) is 6.42 Å². The smallest absolute Gasteiger partial charge is 0.329 e. The fraction of sp³-hybridized carbons (Fsp3) is 0.846. The molecule has 0 bridgehead atoms. The largest absolute Gasteiger partial charge is 0.480 e. The summed E-state index contributed by atoms with van der Waals surface area (Å²) in [4.78, 5) is 23.4. The normalized spacial score (nSPS) is 30.8. The van der Waals surface area contributed by atoms with Gasteiger partial charge in [0.05, 0.1) is 0 Å². The van der Waals surface area contributed by atoms with Crippen LogP contribution >= 0.6 is 0 Å². The minimum Gasteiger partial charge on any atom is -0.480 e. The molecule has 0 radical (unpaired) electrons. The number of hydrogen-bond donors (Lipinski definition) is 2. The van der Waals surface area contributed by atoms with Gasteiger partial charge in [0.25, 0.3) is 0 Å². The van der Waals surface area contributed by atoms with E-state index in [2.05, 4.69) is 5.32 Å². The highest BCUT2D eigenvalue weighted by atomic mass is 16.4. The summed E-state index contributed by atoms with van der Waals surface area (Å²) in [5, 5.41) is 12.0. The van der Waals surface area contributed by atoms with E-state index in [1.807, 2.05) is 13.8 Å². The van der Waals surface area contributed by atoms with Gasteiger partial charge in [-0.05, 0) is 37.5 Å². The van der Waals surface area contributed by atoms with Crippen molar-refractivity contribution in [2.24, 2.45) is 17.8 Å². The zero-order valence-electron chi connectivity index (χ0n) is 10.5. The molecule has 1 amide bonds. The van der Waals surface area contributed by atoms with Crippen LogP contribution in [0.25, 0.3) is 0 Å². The van der Waals surface area contributed by atoms with Gasteiger partial charge in [0, 0.05) is 5.92 Å². The van der Waals surface area contributed by atoms with Crippen molar-refractivity contribution in [1.29, 1.82) is 0 Å². The number of carboxylic acids is 1. The quantitative estimate of drug-likeness (QED) is 0.768. The highest BCUT2D eigenvalue weighted by Crippen LogP contribution is 2.57. The molecule has 17 heavy (non-hydrogen) atoms. The SMILES string of the molecule is CCC(CC)(NC(=O)C1C2CCCC21)C(=O)O. The monoisotopic (exact) mass is 239 g/mol. The van der Waals surface area contributed by atoms with E-state index >= 15 is 0 Å². The highest BCUT2D eigenvalue weighted by molar-refractivity contribution is 5.89. The molecule has 4 heteroatoms. The van der Waals surface area contributed by atoms with Crippen molar-refractivity contribution >= 4 is 11.9 Å². The van der Waals surface area contributed by atoms with Crippen molar-refractivity contribution in [2.45, 2.75) is 51.5 Å². The molecular formula is C13H21NO3. The summed E-state index contributed by atoms with van der Waals surface area (Å²) in [7, 11) is 0. The molecule has 2 aliphatic carbocycles. The molecule has 2 aliphatic rings. The molecule has 2 saturated carbocycles. The molecule has 2 N–H and O–H groups in total. The van der Waals surface area contributed by atoms with Gasteiger partial charge in [-0.25, -0.2) is 4.79 Å². The second kappa shape index (κ2) is 4.31. The van der Waals surface area contributed by atoms with Crippen molar-refractivity contribution in [1.82, 2.24) is 5.32 Å². The molecule has 0 aromatic carbocycles. The van der Waals surface area contributed by atoms with Gasteiger partial charge >= 0.3 is 5.97 Å². The molecule has 0 heterocycles. The Labute approximate surface area is 102 Å². The Morgan fingerprint density at radius 1 is 1.24 bits per heavy atom. The first kappa shape index (κ1) is 12.4. The van der Waals surface area contributed by atoms with Crippen LogP contribution in [0.3, 0.4) is 0 Å². The molecule has 2 atom stereocenters. The van der Waals surface area contributed by atoms with Crippen LogP contribution in [0.15, 0.2) is 0 Å². The van der Waals surface area contributed by atoms with Crippen LogP contribution in [0.1, 0.15) is 46.0 Å². The lowest BCUT2D eigenvalue weighted by Crippen LogP contribution is -2.54. The van der Waals surface area contributed by atoms with Crippen molar-refractivity contribution in [3.8, 4) is 0 Å². The van der Waals surface area contributed by atoms with Gasteiger partial charge in [0.15, 0.2) is 0 Å². The Balaban J connectivity index is 1.99. The lowest BCUT2D eigenvalue weighted by Gasteiger charge is -2.28. The van der Waals surface area contributed by atoms with Crippen LogP contribution in [-0.4, -0.2) is 22.5 Å². The summed E-state index contributed by atoms with van der Waals surface area (Å²) in [5.41, 5.74) is -1.06. The van der Waals surface area contributed by atoms with Crippen LogP contribution in [0.5, 0.6) is 0 Å². The van der Waals surface area contributed by atoms with Gasteiger partial charge in [-0.15, -0.1) is 0 Å². The number of rotatable bonds is 5. The van der Waals surface area contributed by atoms with Crippen molar-refractivity contribution in [3.05, 3.63) is 0 Å². The molecule has 2 unspecified atom stereocenters. The third kappa shape index (κ3) is 1.94. The summed E-state index contributed by atoms with van der Waals surface area (Å²) < 4.78 is 0. The Bertz CT molecular complexity index is 326. The number of aliphatic carboxylic acids is 1. The van der Waals surface area contributed by atoms with E-state index in [1.54, 1.807) is 0 Å². The second-order valence-electron chi connectivity index (χ2n) is 5.37. The lowest BCUT2D eigenvalue weighted by atomic mass is 9.92. The van der Waals surface area contributed by atoms with E-state index in [0.717, 1.165) is 12.8 Å². The number of carboxylic acid groups (broad SMARTS) is 1. The Morgan fingerprint density at radius 3 is 2.18 bits per heavy atom. The van der Waals surface area contributed by atoms with Crippen molar-refractivity contribution in [2.75, 3.05) is 0 Å². The maximum Gasteiger partial charge on any atom is 0.329 e. The van der Waals surface area contributed by atoms with Gasteiger partial charge in [-0.3, -0.25) is 4.79 Å². The molecular weight excluding hydrogens is 218 g/mol. The third-order valence-corrected chi connectivity index (χ3v) is 4.69. The highest BCUT2D eigenvalue weighted by Gasteiger charge is 2.57. The van der Waals surface area contributed by atoms with Crippen molar-refractivity contribution < 1.29 is 14.7 Å². The summed E-state index contributed by atoms with van der Waals surface area (Å²) in [6, 6.07) is 0. The van der Waals surface area contributed by atoms with E-state index in [9.17, 15) is 14.7 Å². The molecule has 2 fully saturated rings. The molecule has 0 aliphatic heterocycles. The molecule has 0 saturated heterocycles. The van der Waals surface area contributed by atoms with E-state index in [-0.39, 0.29) is 11.8 Å². The number of amides is 1. The predicted octanol–water partition coefficient (Wildman–Crippen LogP) is 1.79. The molecule has 0 aromatic rings. The zero-order chi connectivity index (χ0) is 12.6. The number of carbonyl (C=O) groups is 2. The summed E-state index contributed by atoms with van der Waals surface area (Å²) in [6.07, 6.45) is 4.38. The Kier molecular flexibility index (Phi) is 3.15. The van der Waals surface area contributed by atoms with Crippen molar-refractivity contribution in [3.63, 3.8) is 0 Å². The third-order valence-electron chi connectivity index (χ3n) is 4.69. The molecule has 0 aromatic heterocycles. The summed E-state index contributed by atoms with van der Waals surface area (Å²) >= 11 is 0. The number of carbonyl (C=O) groups excluding carboxylic acids is 1. The number of hydrogen-bond acceptors (Lipinski definition) is 2. The van der Waals surface area contributed by atoms with Crippen LogP contribution in [0, 0.1) is 17.8 Å². The second-order valence-corrected chi connectivity index (χ2v) is 5.37. The van der Waals surface area contributed by atoms with Crippen LogP contribution in [0.2, 0.25) is 0 Å². The van der Waals surface area contributed by atoms with Gasteiger partial charge in [-0.1, -0.05) is 20.3 Å². The van der Waals surface area contributed by atoms with E-state index in [0.29, 0.717) is 24.7 Å². The predicted molar refractivity (Wildman–Crippen MR) is 63.4 cm³/mol. The van der Waals surface area contributed by atoms with Gasteiger partial charge in [0.1, 0.15) is 5.54 Å². The minimum absolute atomic E-state index is 0.0363. The first-order valence-electron chi connectivity index (χ1n) is 6.61. The Hall–Kier alpha value is -1.06. The topological polar surface area (TPSA) is 66.4 Å². The van der Waals surface area contributed by atoms with Crippen LogP contribution in [-0.2, 0) is 9.59 Å². The lowest BCUT2D eigenvalue weighted by molar-refractivity contribution is -0.148. The first-order valence-corrected chi connectivity index (χ1v) is 6.61.